The molecule has 2 heterocycles. The Balaban J connectivity index is 1.66. The Morgan fingerprint density at radius 2 is 1.88 bits per heavy atom. The van der Waals surface area contributed by atoms with E-state index < -0.39 is 16.3 Å². The molecule has 5 rings (SSSR count). The molecule has 2 aromatic carbocycles. The van der Waals surface area contributed by atoms with E-state index in [0.717, 1.165) is 24.9 Å². The molecule has 1 unspecified atom stereocenters. The van der Waals surface area contributed by atoms with Gasteiger partial charge in [-0.15, -0.1) is 0 Å². The topological polar surface area (TPSA) is 109 Å². The van der Waals surface area contributed by atoms with Crippen molar-refractivity contribution >= 4 is 28.2 Å². The van der Waals surface area contributed by atoms with Gasteiger partial charge in [0.25, 0.3) is 5.69 Å². The number of nitro benzene ring substituents is 1. The lowest BCUT2D eigenvalue weighted by Gasteiger charge is -2.40. The number of aromatic nitrogens is 1. The first kappa shape index (κ1) is 21.1. The summed E-state index contributed by atoms with van der Waals surface area (Å²) in [5, 5.41) is 21.6. The molecule has 1 saturated carbocycles. The van der Waals surface area contributed by atoms with E-state index in [1.807, 2.05) is 30.1 Å². The number of carboxylic acid groups (broad SMARTS) is 1. The zero-order valence-corrected chi connectivity index (χ0v) is 18.2. The molecule has 170 valence electrons. The predicted octanol–water partition coefficient (Wildman–Crippen LogP) is 3.44. The first-order chi connectivity index (χ1) is 15.8. The normalized spacial score (nSPS) is 19.1. The predicted molar refractivity (Wildman–Crippen MR) is 124 cm³/mol. The number of aromatic carboxylic acids is 1. The van der Waals surface area contributed by atoms with Gasteiger partial charge in [-0.1, -0.05) is 30.3 Å². The van der Waals surface area contributed by atoms with Gasteiger partial charge < -0.3 is 14.6 Å². The second-order valence-corrected chi connectivity index (χ2v) is 8.78. The second kappa shape index (κ2) is 8.00. The molecule has 1 N–H and O–H groups in total. The molecule has 0 spiro atoms. The number of carbonyl (C=O) groups is 1. The SMILES string of the molecule is CN1CCN(c2cc3c(cc2[N+](=O)[O-])c(=O)c(C(=O)O)cn3C2CC2)CC1c1ccccc1. The number of nitrogens with zero attached hydrogens (tertiary/aromatic N) is 4. The van der Waals surface area contributed by atoms with Crippen LogP contribution < -0.4 is 10.3 Å². The molecule has 9 nitrogen and oxygen atoms in total. The van der Waals surface area contributed by atoms with E-state index in [9.17, 15) is 24.8 Å². The zero-order chi connectivity index (χ0) is 23.3. The largest absolute Gasteiger partial charge is 0.477 e. The Bertz CT molecular complexity index is 1320. The van der Waals surface area contributed by atoms with Crippen molar-refractivity contribution in [1.82, 2.24) is 9.47 Å². The van der Waals surface area contributed by atoms with Gasteiger partial charge in [-0.2, -0.15) is 0 Å². The van der Waals surface area contributed by atoms with Crippen LogP contribution >= 0.6 is 0 Å². The molecular formula is C24H24N4O5. The highest BCUT2D eigenvalue weighted by Gasteiger charge is 2.32. The quantitative estimate of drug-likeness (QED) is 0.470. The Hall–Kier alpha value is -3.72. The maximum atomic E-state index is 12.9. The molecule has 1 aliphatic heterocycles. The molecule has 0 radical (unpaired) electrons. The first-order valence-electron chi connectivity index (χ1n) is 11.0. The third kappa shape index (κ3) is 3.74. The fraction of sp³-hybridized carbons (Fsp3) is 0.333. The maximum Gasteiger partial charge on any atom is 0.341 e. The zero-order valence-electron chi connectivity index (χ0n) is 18.2. The van der Waals surface area contributed by atoms with Crippen LogP contribution in [0.4, 0.5) is 11.4 Å². The summed E-state index contributed by atoms with van der Waals surface area (Å²) in [6.07, 6.45) is 3.15. The highest BCUT2D eigenvalue weighted by molar-refractivity contribution is 5.95. The van der Waals surface area contributed by atoms with Gasteiger partial charge in [0.2, 0.25) is 5.43 Å². The van der Waals surface area contributed by atoms with Crippen LogP contribution in [0.3, 0.4) is 0 Å². The smallest absolute Gasteiger partial charge is 0.341 e. The van der Waals surface area contributed by atoms with E-state index >= 15 is 0 Å². The van der Waals surface area contributed by atoms with E-state index in [1.165, 1.54) is 12.3 Å². The number of likely N-dealkylation sites (N-methyl/N-ethyl adjacent to an activating group) is 1. The van der Waals surface area contributed by atoms with Crippen LogP contribution in [0.15, 0.2) is 53.5 Å². The Kier molecular flexibility index (Phi) is 5.13. The third-order valence-corrected chi connectivity index (χ3v) is 6.67. The monoisotopic (exact) mass is 448 g/mol. The number of carboxylic acids is 1. The molecule has 9 heteroatoms. The molecule has 2 fully saturated rings. The molecule has 2 aliphatic rings. The summed E-state index contributed by atoms with van der Waals surface area (Å²) in [7, 11) is 2.04. The second-order valence-electron chi connectivity index (χ2n) is 8.78. The van der Waals surface area contributed by atoms with E-state index in [1.54, 1.807) is 10.6 Å². The molecular weight excluding hydrogens is 424 g/mol. The lowest BCUT2D eigenvalue weighted by atomic mass is 10.0. The summed E-state index contributed by atoms with van der Waals surface area (Å²) < 4.78 is 1.80. The summed E-state index contributed by atoms with van der Waals surface area (Å²) in [5.41, 5.74) is 0.904. The first-order valence-corrected chi connectivity index (χ1v) is 11.0. The number of hydrogen-bond donors (Lipinski definition) is 1. The number of nitro groups is 1. The average Bonchev–Trinajstić information content (AvgIpc) is 3.64. The number of fused-ring (bicyclic) bond motifs is 1. The van der Waals surface area contributed by atoms with Gasteiger partial charge in [0.05, 0.1) is 21.9 Å². The number of piperazine rings is 1. The van der Waals surface area contributed by atoms with Crippen LogP contribution in [-0.4, -0.2) is 52.1 Å². The highest BCUT2D eigenvalue weighted by atomic mass is 16.6. The molecule has 0 amide bonds. The summed E-state index contributed by atoms with van der Waals surface area (Å²) >= 11 is 0. The van der Waals surface area contributed by atoms with Crippen molar-refractivity contribution in [1.29, 1.82) is 0 Å². The van der Waals surface area contributed by atoms with Gasteiger partial charge >= 0.3 is 5.97 Å². The minimum atomic E-state index is -1.33. The lowest BCUT2D eigenvalue weighted by Crippen LogP contribution is -2.47. The fourth-order valence-corrected chi connectivity index (χ4v) is 4.71. The van der Waals surface area contributed by atoms with Crippen LogP contribution in [0, 0.1) is 10.1 Å². The number of pyridine rings is 1. The standard InChI is InChI=1S/C24H24N4O5/c1-25-9-10-26(14-22(25)15-5-3-2-4-6-15)20-12-19-17(11-21(20)28(32)33)23(29)18(24(30)31)13-27(19)16-7-8-16/h2-6,11-13,16,22H,7-10,14H2,1H3,(H,30,31). The Morgan fingerprint density at radius 1 is 1.15 bits per heavy atom. The van der Waals surface area contributed by atoms with E-state index in [0.29, 0.717) is 24.3 Å². The molecule has 1 atom stereocenters. The fourth-order valence-electron chi connectivity index (χ4n) is 4.71. The van der Waals surface area contributed by atoms with Gasteiger partial charge in [-0.05, 0) is 31.5 Å². The van der Waals surface area contributed by atoms with Crippen molar-refractivity contribution in [2.24, 2.45) is 0 Å². The molecule has 3 aromatic rings. The van der Waals surface area contributed by atoms with E-state index in [4.69, 9.17) is 0 Å². The van der Waals surface area contributed by atoms with Crippen molar-refractivity contribution in [2.45, 2.75) is 24.9 Å². The molecule has 1 aliphatic carbocycles. The Labute approximate surface area is 189 Å². The number of rotatable bonds is 5. The highest BCUT2D eigenvalue weighted by Crippen LogP contribution is 2.40. The van der Waals surface area contributed by atoms with Crippen LogP contribution in [0.1, 0.15) is 40.8 Å². The molecule has 1 saturated heterocycles. The van der Waals surface area contributed by atoms with Crippen molar-refractivity contribution in [2.75, 3.05) is 31.6 Å². The van der Waals surface area contributed by atoms with Gasteiger partial charge in [-0.3, -0.25) is 19.8 Å². The number of benzene rings is 2. The van der Waals surface area contributed by atoms with Crippen LogP contribution in [0.25, 0.3) is 10.9 Å². The average molecular weight is 448 g/mol. The van der Waals surface area contributed by atoms with Crippen molar-refractivity contribution in [3.8, 4) is 0 Å². The van der Waals surface area contributed by atoms with Gasteiger partial charge in [0.15, 0.2) is 0 Å². The number of hydrogen-bond acceptors (Lipinski definition) is 6. The van der Waals surface area contributed by atoms with E-state index in [-0.39, 0.29) is 28.7 Å². The van der Waals surface area contributed by atoms with Crippen molar-refractivity contribution in [3.63, 3.8) is 0 Å². The van der Waals surface area contributed by atoms with Crippen LogP contribution in [-0.2, 0) is 0 Å². The molecule has 33 heavy (non-hydrogen) atoms. The number of anilines is 1. The maximum absolute atomic E-state index is 12.9. The summed E-state index contributed by atoms with van der Waals surface area (Å²) in [4.78, 5) is 40.3. The van der Waals surface area contributed by atoms with Gasteiger partial charge in [0, 0.05) is 37.9 Å². The summed E-state index contributed by atoms with van der Waals surface area (Å²) in [5.74, 6) is -1.33. The summed E-state index contributed by atoms with van der Waals surface area (Å²) in [6.45, 7) is 1.89. The summed E-state index contributed by atoms with van der Waals surface area (Å²) in [6, 6.07) is 13.2. The Morgan fingerprint density at radius 3 is 2.52 bits per heavy atom. The van der Waals surface area contributed by atoms with E-state index in [2.05, 4.69) is 17.0 Å². The van der Waals surface area contributed by atoms with Crippen molar-refractivity contribution < 1.29 is 14.8 Å². The van der Waals surface area contributed by atoms with Crippen LogP contribution in [0.5, 0.6) is 0 Å². The molecule has 0 bridgehead atoms. The lowest BCUT2D eigenvalue weighted by molar-refractivity contribution is -0.384. The van der Waals surface area contributed by atoms with Gasteiger partial charge in [0.1, 0.15) is 11.3 Å². The minimum Gasteiger partial charge on any atom is -0.477 e. The molecule has 1 aromatic heterocycles. The third-order valence-electron chi connectivity index (χ3n) is 6.67. The minimum absolute atomic E-state index is 0.0651. The van der Waals surface area contributed by atoms with Gasteiger partial charge in [-0.25, -0.2) is 4.79 Å². The van der Waals surface area contributed by atoms with Crippen molar-refractivity contribution in [3.05, 3.63) is 80.1 Å². The van der Waals surface area contributed by atoms with Crippen LogP contribution in [0.2, 0.25) is 0 Å².